The minimum atomic E-state index is 0.711. The first-order chi connectivity index (χ1) is 6.74. The summed E-state index contributed by atoms with van der Waals surface area (Å²) in [6.45, 7) is 18.3. The third-order valence-corrected chi connectivity index (χ3v) is 2.01. The lowest BCUT2D eigenvalue weighted by molar-refractivity contribution is -0.953. The summed E-state index contributed by atoms with van der Waals surface area (Å²) in [5, 5.41) is 0. The van der Waals surface area contributed by atoms with Crippen LogP contribution >= 0.6 is 0 Å². The Morgan fingerprint density at radius 3 is 1.50 bits per heavy atom. The summed E-state index contributed by atoms with van der Waals surface area (Å²) in [6, 6.07) is 0. The second-order valence-corrected chi connectivity index (χ2v) is 3.21. The molecule has 0 aromatic carbocycles. The van der Waals surface area contributed by atoms with Gasteiger partial charge in [0.1, 0.15) is 19.6 Å². The average molecular weight is 193 g/mol. The smallest absolute Gasteiger partial charge is 0.115 e. The molecule has 0 aromatic rings. The Kier molecular flexibility index (Phi) is 6.72. The van der Waals surface area contributed by atoms with Crippen LogP contribution in [0.3, 0.4) is 0 Å². The molecule has 0 saturated carbocycles. The molecule has 14 heavy (non-hydrogen) atoms. The van der Waals surface area contributed by atoms with Crippen molar-refractivity contribution in [3.8, 4) is 0 Å². The number of hydrogen-bond donors (Lipinski definition) is 1. The molecular weight excluding hydrogens is 172 g/mol. The van der Waals surface area contributed by atoms with Crippen LogP contribution in [0.2, 0.25) is 0 Å². The van der Waals surface area contributed by atoms with Crippen LogP contribution < -0.4 is 5.43 Å². The average Bonchev–Trinajstić information content (AvgIpc) is 2.16. The Labute approximate surface area is 87.5 Å². The molecule has 2 heteroatoms. The molecule has 0 aliphatic heterocycles. The predicted molar refractivity (Wildman–Crippen MR) is 63.7 cm³/mol. The van der Waals surface area contributed by atoms with Crippen LogP contribution in [0, 0.1) is 0 Å². The number of nitrogens with zero attached hydrogens (tertiary/aromatic N) is 1. The highest BCUT2D eigenvalue weighted by molar-refractivity contribution is 4.76. The van der Waals surface area contributed by atoms with E-state index in [9.17, 15) is 0 Å². The Morgan fingerprint density at radius 1 is 0.786 bits per heavy atom. The van der Waals surface area contributed by atoms with E-state index in [1.54, 1.807) is 0 Å². The van der Waals surface area contributed by atoms with Crippen molar-refractivity contribution in [2.45, 2.75) is 0 Å². The van der Waals surface area contributed by atoms with E-state index >= 15 is 0 Å². The van der Waals surface area contributed by atoms with Crippen molar-refractivity contribution in [2.24, 2.45) is 0 Å². The summed E-state index contributed by atoms with van der Waals surface area (Å²) < 4.78 is 0.711. The Hall–Kier alpha value is -1.12. The van der Waals surface area contributed by atoms with Crippen molar-refractivity contribution >= 4 is 0 Å². The van der Waals surface area contributed by atoms with E-state index in [-0.39, 0.29) is 0 Å². The molecule has 0 rings (SSSR count). The van der Waals surface area contributed by atoms with Crippen molar-refractivity contribution < 1.29 is 4.59 Å². The fraction of sp³-hybridized carbons (Fsp3) is 0.333. The van der Waals surface area contributed by atoms with Gasteiger partial charge in [-0.25, -0.2) is 4.59 Å². The second kappa shape index (κ2) is 7.30. The lowest BCUT2D eigenvalue weighted by Crippen LogP contribution is -2.58. The molecule has 0 aromatic heterocycles. The number of quaternary nitrogens is 1. The van der Waals surface area contributed by atoms with Crippen molar-refractivity contribution in [3.63, 3.8) is 0 Å². The molecule has 0 atom stereocenters. The first-order valence-electron chi connectivity index (χ1n) is 4.79. The van der Waals surface area contributed by atoms with Crippen LogP contribution in [-0.4, -0.2) is 30.8 Å². The molecule has 78 valence electrons. The lowest BCUT2D eigenvalue weighted by atomic mass is 10.4. The predicted octanol–water partition coefficient (Wildman–Crippen LogP) is 2.05. The molecular formula is C12H21N2+. The quantitative estimate of drug-likeness (QED) is 0.336. The summed E-state index contributed by atoms with van der Waals surface area (Å²) in [4.78, 5) is 0. The van der Waals surface area contributed by atoms with E-state index in [2.05, 4.69) is 31.7 Å². The largest absolute Gasteiger partial charge is 0.236 e. The standard InChI is InChI=1S/C12H21N2/c1-5-9-13-14(10-6-2,11-7-3)12-8-4/h5-8,13H,1-4,9-12H2/q+1. The highest BCUT2D eigenvalue weighted by Gasteiger charge is 2.21. The topological polar surface area (TPSA) is 12.0 Å². The number of rotatable bonds is 9. The molecule has 2 nitrogen and oxygen atoms in total. The van der Waals surface area contributed by atoms with Crippen molar-refractivity contribution in [1.82, 2.24) is 5.43 Å². The van der Waals surface area contributed by atoms with Crippen LogP contribution in [0.25, 0.3) is 0 Å². The van der Waals surface area contributed by atoms with Crippen LogP contribution in [0.5, 0.6) is 0 Å². The molecule has 0 radical (unpaired) electrons. The fourth-order valence-electron chi connectivity index (χ4n) is 1.42. The molecule has 0 unspecified atom stereocenters. The molecule has 0 bridgehead atoms. The van der Waals surface area contributed by atoms with Gasteiger partial charge in [0.25, 0.3) is 0 Å². The van der Waals surface area contributed by atoms with Crippen molar-refractivity contribution in [3.05, 3.63) is 50.6 Å². The lowest BCUT2D eigenvalue weighted by Gasteiger charge is -2.35. The summed E-state index contributed by atoms with van der Waals surface area (Å²) in [5.41, 5.74) is 3.39. The molecule has 0 amide bonds. The van der Waals surface area contributed by atoms with Gasteiger partial charge in [-0.15, -0.1) is 6.58 Å². The van der Waals surface area contributed by atoms with Gasteiger partial charge in [-0.3, -0.25) is 0 Å². The summed E-state index contributed by atoms with van der Waals surface area (Å²) in [5.74, 6) is 0. The third kappa shape index (κ3) is 4.21. The first kappa shape index (κ1) is 12.9. The minimum absolute atomic E-state index is 0.711. The van der Waals surface area contributed by atoms with Gasteiger partial charge in [0.15, 0.2) is 0 Å². The first-order valence-corrected chi connectivity index (χ1v) is 4.79. The Bertz CT molecular complexity index is 180. The van der Waals surface area contributed by atoms with Crippen molar-refractivity contribution in [1.29, 1.82) is 0 Å². The van der Waals surface area contributed by atoms with Gasteiger partial charge in [0.2, 0.25) is 0 Å². The highest BCUT2D eigenvalue weighted by atomic mass is 15.7. The molecule has 1 N–H and O–H groups in total. The monoisotopic (exact) mass is 193 g/mol. The molecule has 0 aliphatic rings. The van der Waals surface area contributed by atoms with E-state index in [0.29, 0.717) is 4.59 Å². The molecule has 0 spiro atoms. The molecule has 0 heterocycles. The Balaban J connectivity index is 4.50. The van der Waals surface area contributed by atoms with Gasteiger partial charge >= 0.3 is 0 Å². The summed E-state index contributed by atoms with van der Waals surface area (Å²) in [7, 11) is 0. The van der Waals surface area contributed by atoms with Crippen LogP contribution in [-0.2, 0) is 0 Å². The maximum Gasteiger partial charge on any atom is 0.115 e. The zero-order valence-electron chi connectivity index (χ0n) is 8.91. The zero-order chi connectivity index (χ0) is 10.9. The summed E-state index contributed by atoms with van der Waals surface area (Å²) in [6.07, 6.45) is 7.57. The fourth-order valence-corrected chi connectivity index (χ4v) is 1.42. The van der Waals surface area contributed by atoms with Crippen LogP contribution in [0.1, 0.15) is 0 Å². The van der Waals surface area contributed by atoms with E-state index in [1.807, 2.05) is 24.3 Å². The Morgan fingerprint density at radius 2 is 1.21 bits per heavy atom. The van der Waals surface area contributed by atoms with Gasteiger partial charge < -0.3 is 0 Å². The van der Waals surface area contributed by atoms with Gasteiger partial charge in [-0.1, -0.05) is 25.8 Å². The molecule has 0 fully saturated rings. The van der Waals surface area contributed by atoms with Gasteiger partial charge in [0.05, 0.1) is 6.54 Å². The maximum absolute atomic E-state index is 3.77. The number of nitrogens with one attached hydrogen (secondary N) is 1. The highest BCUT2D eigenvalue weighted by Crippen LogP contribution is 2.02. The van der Waals surface area contributed by atoms with Crippen LogP contribution in [0.15, 0.2) is 50.6 Å². The van der Waals surface area contributed by atoms with E-state index in [1.165, 1.54) is 0 Å². The SMILES string of the molecule is C=CCN[N+](CC=C)(CC=C)CC=C. The van der Waals surface area contributed by atoms with Gasteiger partial charge in [0, 0.05) is 0 Å². The summed E-state index contributed by atoms with van der Waals surface area (Å²) >= 11 is 0. The second-order valence-electron chi connectivity index (χ2n) is 3.21. The normalized spacial score (nSPS) is 10.6. The van der Waals surface area contributed by atoms with Crippen molar-refractivity contribution in [2.75, 3.05) is 26.2 Å². The van der Waals surface area contributed by atoms with Crippen LogP contribution in [0.4, 0.5) is 0 Å². The van der Waals surface area contributed by atoms with E-state index < -0.39 is 0 Å². The van der Waals surface area contributed by atoms with Gasteiger partial charge in [-0.2, -0.15) is 5.43 Å². The molecule has 0 saturated heterocycles. The number of hydrogen-bond acceptors (Lipinski definition) is 1. The van der Waals surface area contributed by atoms with E-state index in [4.69, 9.17) is 0 Å². The zero-order valence-corrected chi connectivity index (χ0v) is 8.91. The van der Waals surface area contributed by atoms with E-state index in [0.717, 1.165) is 26.2 Å². The van der Waals surface area contributed by atoms with Gasteiger partial charge in [-0.05, 0) is 18.2 Å². The third-order valence-electron chi connectivity index (χ3n) is 2.01. The minimum Gasteiger partial charge on any atom is -0.236 e. The maximum atomic E-state index is 3.77. The molecule has 0 aliphatic carbocycles.